The van der Waals surface area contributed by atoms with Crippen molar-refractivity contribution in [2.24, 2.45) is 0 Å². The van der Waals surface area contributed by atoms with Crippen molar-refractivity contribution in [3.05, 3.63) is 0 Å². The minimum Gasteiger partial charge on any atom is -0.480 e. The highest BCUT2D eigenvalue weighted by atomic mass is 16.4. The molecule has 1 heterocycles. The molecule has 18 heavy (non-hydrogen) atoms. The normalized spacial score (nSPS) is 21.4. The Morgan fingerprint density at radius 3 is 2.61 bits per heavy atom. The highest BCUT2D eigenvalue weighted by Gasteiger charge is 2.29. The average molecular weight is 260 g/mol. The molecule has 1 aliphatic heterocycles. The quantitative estimate of drug-likeness (QED) is 0.526. The summed E-state index contributed by atoms with van der Waals surface area (Å²) in [5, 5.41) is 28.8. The molecule has 1 saturated heterocycles. The van der Waals surface area contributed by atoms with Crippen LogP contribution in [0.2, 0.25) is 0 Å². The fourth-order valence-electron chi connectivity index (χ4n) is 2.13. The molecule has 0 spiro atoms. The van der Waals surface area contributed by atoms with E-state index in [4.69, 9.17) is 15.3 Å². The summed E-state index contributed by atoms with van der Waals surface area (Å²) in [6.45, 7) is -0.0926. The molecular formula is C11H20N2O5. The summed E-state index contributed by atoms with van der Waals surface area (Å²) >= 11 is 0. The van der Waals surface area contributed by atoms with Crippen LogP contribution in [0.15, 0.2) is 0 Å². The molecule has 1 aliphatic rings. The van der Waals surface area contributed by atoms with Crippen LogP contribution in [-0.4, -0.2) is 64.1 Å². The third kappa shape index (κ3) is 3.85. The van der Waals surface area contributed by atoms with E-state index in [1.54, 1.807) is 4.90 Å². The Kier molecular flexibility index (Phi) is 5.87. The van der Waals surface area contributed by atoms with Crippen LogP contribution < -0.4 is 5.32 Å². The zero-order chi connectivity index (χ0) is 13.5. The number of carbonyl (C=O) groups excluding carboxylic acids is 1. The van der Waals surface area contributed by atoms with E-state index in [1.807, 2.05) is 0 Å². The number of aliphatic hydroxyl groups excluding tert-OH is 2. The molecule has 0 aromatic rings. The first kappa shape index (κ1) is 14.7. The Balaban J connectivity index is 2.59. The van der Waals surface area contributed by atoms with Crippen LogP contribution in [0.3, 0.4) is 0 Å². The van der Waals surface area contributed by atoms with Crippen molar-refractivity contribution in [2.45, 2.75) is 37.8 Å². The molecule has 2 amide bonds. The predicted octanol–water partition coefficient (Wildman–Crippen LogP) is -0.622. The van der Waals surface area contributed by atoms with Gasteiger partial charge in [0.25, 0.3) is 0 Å². The van der Waals surface area contributed by atoms with Crippen LogP contribution in [0.4, 0.5) is 4.79 Å². The SMILES string of the molecule is O=C(O)C(CO)NC(=O)N1CCCCC1CCO. The largest absolute Gasteiger partial charge is 0.480 e. The van der Waals surface area contributed by atoms with Gasteiger partial charge in [-0.25, -0.2) is 9.59 Å². The molecule has 7 heteroatoms. The fraction of sp³-hybridized carbons (Fsp3) is 0.818. The number of hydrogen-bond acceptors (Lipinski definition) is 4. The molecule has 1 rings (SSSR count). The molecule has 2 unspecified atom stereocenters. The zero-order valence-corrected chi connectivity index (χ0v) is 10.2. The summed E-state index contributed by atoms with van der Waals surface area (Å²) in [5.41, 5.74) is 0. The standard InChI is InChI=1S/C11H20N2O5/c14-6-4-8-3-1-2-5-13(8)11(18)12-9(7-15)10(16)17/h8-9,14-15H,1-7H2,(H,12,18)(H,16,17). The topological polar surface area (TPSA) is 110 Å². The van der Waals surface area contributed by atoms with E-state index in [-0.39, 0.29) is 12.6 Å². The number of hydrogen-bond donors (Lipinski definition) is 4. The highest BCUT2D eigenvalue weighted by Crippen LogP contribution is 2.19. The monoisotopic (exact) mass is 260 g/mol. The summed E-state index contributed by atoms with van der Waals surface area (Å²) in [6, 6.07) is -1.83. The number of likely N-dealkylation sites (tertiary alicyclic amines) is 1. The van der Waals surface area contributed by atoms with Crippen molar-refractivity contribution >= 4 is 12.0 Å². The molecule has 0 aliphatic carbocycles. The second-order valence-corrected chi connectivity index (χ2v) is 4.38. The van der Waals surface area contributed by atoms with Gasteiger partial charge in [-0.2, -0.15) is 0 Å². The van der Waals surface area contributed by atoms with Gasteiger partial charge < -0.3 is 25.5 Å². The minimum atomic E-state index is -1.28. The third-order valence-electron chi connectivity index (χ3n) is 3.13. The maximum atomic E-state index is 11.9. The van der Waals surface area contributed by atoms with Crippen LogP contribution in [0.25, 0.3) is 0 Å². The number of carboxylic acids is 1. The van der Waals surface area contributed by atoms with Crippen molar-refractivity contribution in [2.75, 3.05) is 19.8 Å². The molecule has 0 saturated carbocycles. The van der Waals surface area contributed by atoms with Gasteiger partial charge in [-0.1, -0.05) is 0 Å². The van der Waals surface area contributed by atoms with Gasteiger partial charge in [-0.3, -0.25) is 0 Å². The van der Waals surface area contributed by atoms with E-state index in [0.717, 1.165) is 19.3 Å². The van der Waals surface area contributed by atoms with Gasteiger partial charge in [-0.05, 0) is 25.7 Å². The summed E-state index contributed by atoms with van der Waals surface area (Å²) in [5.74, 6) is -1.26. The first-order valence-corrected chi connectivity index (χ1v) is 6.11. The Labute approximate surface area is 105 Å². The molecule has 0 aromatic heterocycles. The molecule has 4 N–H and O–H groups in total. The molecule has 0 aromatic carbocycles. The first-order chi connectivity index (χ1) is 8.60. The fourth-order valence-corrected chi connectivity index (χ4v) is 2.13. The number of aliphatic carboxylic acids is 1. The lowest BCUT2D eigenvalue weighted by Crippen LogP contribution is -2.54. The maximum Gasteiger partial charge on any atom is 0.328 e. The van der Waals surface area contributed by atoms with Gasteiger partial charge in [0, 0.05) is 19.2 Å². The lowest BCUT2D eigenvalue weighted by Gasteiger charge is -2.36. The van der Waals surface area contributed by atoms with E-state index in [0.29, 0.717) is 13.0 Å². The number of nitrogens with one attached hydrogen (secondary N) is 1. The van der Waals surface area contributed by atoms with E-state index in [9.17, 15) is 9.59 Å². The van der Waals surface area contributed by atoms with Crippen LogP contribution in [0, 0.1) is 0 Å². The maximum absolute atomic E-state index is 11.9. The number of aliphatic hydroxyl groups is 2. The van der Waals surface area contributed by atoms with Gasteiger partial charge >= 0.3 is 12.0 Å². The Morgan fingerprint density at radius 1 is 1.33 bits per heavy atom. The van der Waals surface area contributed by atoms with Crippen molar-refractivity contribution in [3.8, 4) is 0 Å². The number of rotatable bonds is 5. The highest BCUT2D eigenvalue weighted by molar-refractivity contribution is 5.82. The summed E-state index contributed by atoms with van der Waals surface area (Å²) in [4.78, 5) is 24.2. The Hall–Kier alpha value is -1.34. The zero-order valence-electron chi connectivity index (χ0n) is 10.2. The number of carbonyl (C=O) groups is 2. The summed E-state index contributed by atoms with van der Waals surface area (Å²) < 4.78 is 0. The lowest BCUT2D eigenvalue weighted by atomic mass is 10.00. The summed E-state index contributed by atoms with van der Waals surface area (Å²) in [6.07, 6.45) is 3.16. The number of carboxylic acid groups (broad SMARTS) is 1. The second-order valence-electron chi connectivity index (χ2n) is 4.38. The van der Waals surface area contributed by atoms with Gasteiger partial charge in [0.1, 0.15) is 0 Å². The number of piperidine rings is 1. The Bertz CT molecular complexity index is 295. The molecule has 7 nitrogen and oxygen atoms in total. The molecule has 0 bridgehead atoms. The molecular weight excluding hydrogens is 240 g/mol. The number of nitrogens with zero attached hydrogens (tertiary/aromatic N) is 1. The van der Waals surface area contributed by atoms with Crippen LogP contribution >= 0.6 is 0 Å². The van der Waals surface area contributed by atoms with Gasteiger partial charge in [0.05, 0.1) is 6.61 Å². The molecule has 2 atom stereocenters. The molecule has 1 fully saturated rings. The third-order valence-corrected chi connectivity index (χ3v) is 3.13. The van der Waals surface area contributed by atoms with Gasteiger partial charge in [0.15, 0.2) is 6.04 Å². The van der Waals surface area contributed by atoms with E-state index in [2.05, 4.69) is 5.32 Å². The molecule has 0 radical (unpaired) electrons. The van der Waals surface area contributed by atoms with Crippen LogP contribution in [0.1, 0.15) is 25.7 Å². The first-order valence-electron chi connectivity index (χ1n) is 6.11. The minimum absolute atomic E-state index is 0.00317. The van der Waals surface area contributed by atoms with Crippen molar-refractivity contribution in [1.82, 2.24) is 10.2 Å². The molecule has 104 valence electrons. The Morgan fingerprint density at radius 2 is 2.06 bits per heavy atom. The van der Waals surface area contributed by atoms with Crippen molar-refractivity contribution < 1.29 is 24.9 Å². The second kappa shape index (κ2) is 7.17. The van der Waals surface area contributed by atoms with Gasteiger partial charge in [-0.15, -0.1) is 0 Å². The number of amides is 2. The van der Waals surface area contributed by atoms with E-state index < -0.39 is 24.6 Å². The van der Waals surface area contributed by atoms with Crippen molar-refractivity contribution in [1.29, 1.82) is 0 Å². The lowest BCUT2D eigenvalue weighted by molar-refractivity contribution is -0.140. The van der Waals surface area contributed by atoms with Crippen LogP contribution in [-0.2, 0) is 4.79 Å². The smallest absolute Gasteiger partial charge is 0.328 e. The van der Waals surface area contributed by atoms with Gasteiger partial charge in [0.2, 0.25) is 0 Å². The predicted molar refractivity (Wildman–Crippen MR) is 63.1 cm³/mol. The number of urea groups is 1. The van der Waals surface area contributed by atoms with E-state index >= 15 is 0 Å². The summed E-state index contributed by atoms with van der Waals surface area (Å²) in [7, 11) is 0. The average Bonchev–Trinajstić information content (AvgIpc) is 2.36. The van der Waals surface area contributed by atoms with E-state index in [1.165, 1.54) is 0 Å². The van der Waals surface area contributed by atoms with Crippen LogP contribution in [0.5, 0.6) is 0 Å². The van der Waals surface area contributed by atoms with Crippen molar-refractivity contribution in [3.63, 3.8) is 0 Å².